The number of nitrogens with one attached hydrogen (secondary N) is 1. The van der Waals surface area contributed by atoms with Crippen LogP contribution in [0.15, 0.2) is 24.3 Å². The first-order chi connectivity index (χ1) is 7.17. The van der Waals surface area contributed by atoms with Crippen LogP contribution < -0.4 is 10.1 Å². The Balaban J connectivity index is 2.92. The maximum Gasteiger partial charge on any atom is 0.218 e. The Bertz CT molecular complexity index is 396. The van der Waals surface area contributed by atoms with Crippen LogP contribution in [0.3, 0.4) is 0 Å². The van der Waals surface area contributed by atoms with E-state index in [1.165, 1.54) is 6.92 Å². The van der Waals surface area contributed by atoms with Crippen molar-refractivity contribution < 1.29 is 9.53 Å². The number of amides is 1. The molecular weight excluding hydrogens is 192 g/mol. The monoisotopic (exact) mass is 204 g/mol. The molecule has 1 aromatic rings. The molecule has 0 spiro atoms. The van der Waals surface area contributed by atoms with Gasteiger partial charge < -0.3 is 10.1 Å². The molecule has 0 aliphatic heterocycles. The minimum absolute atomic E-state index is 0.232. The van der Waals surface area contributed by atoms with E-state index >= 15 is 0 Å². The van der Waals surface area contributed by atoms with Crippen molar-refractivity contribution in [1.29, 1.82) is 5.26 Å². The normalized spacial score (nSPS) is 11.3. The predicted molar refractivity (Wildman–Crippen MR) is 55.2 cm³/mol. The fraction of sp³-hybridized carbons (Fsp3) is 0.273. The van der Waals surface area contributed by atoms with Gasteiger partial charge in [0.2, 0.25) is 5.91 Å². The molecule has 1 N–H and O–H groups in total. The second-order valence-corrected chi connectivity index (χ2v) is 3.04. The third kappa shape index (κ3) is 2.99. The molecule has 1 aromatic carbocycles. The van der Waals surface area contributed by atoms with E-state index in [1.54, 1.807) is 31.4 Å². The number of methoxy groups -OCH3 is 1. The minimum atomic E-state index is -0.627. The van der Waals surface area contributed by atoms with Crippen molar-refractivity contribution in [3.05, 3.63) is 29.8 Å². The van der Waals surface area contributed by atoms with Gasteiger partial charge >= 0.3 is 0 Å². The molecule has 0 saturated heterocycles. The van der Waals surface area contributed by atoms with Crippen molar-refractivity contribution in [3.8, 4) is 11.8 Å². The van der Waals surface area contributed by atoms with Gasteiger partial charge in [-0.15, -0.1) is 0 Å². The van der Waals surface area contributed by atoms with Crippen LogP contribution in [0.5, 0.6) is 5.75 Å². The summed E-state index contributed by atoms with van der Waals surface area (Å²) in [7, 11) is 1.55. The van der Waals surface area contributed by atoms with Gasteiger partial charge in [-0.05, 0) is 17.7 Å². The van der Waals surface area contributed by atoms with Gasteiger partial charge in [-0.3, -0.25) is 4.79 Å². The highest BCUT2D eigenvalue weighted by molar-refractivity contribution is 5.73. The van der Waals surface area contributed by atoms with Gasteiger partial charge in [0.1, 0.15) is 11.8 Å². The van der Waals surface area contributed by atoms with E-state index in [9.17, 15) is 4.79 Å². The maximum absolute atomic E-state index is 10.8. The molecule has 1 amide bonds. The molecule has 0 saturated carbocycles. The highest BCUT2D eigenvalue weighted by Gasteiger charge is 2.11. The topological polar surface area (TPSA) is 62.1 Å². The highest BCUT2D eigenvalue weighted by Crippen LogP contribution is 2.18. The Morgan fingerprint density at radius 2 is 2.33 bits per heavy atom. The second-order valence-electron chi connectivity index (χ2n) is 3.04. The van der Waals surface area contributed by atoms with Crippen molar-refractivity contribution in [2.24, 2.45) is 0 Å². The van der Waals surface area contributed by atoms with E-state index in [1.807, 2.05) is 6.07 Å². The summed E-state index contributed by atoms with van der Waals surface area (Å²) < 4.78 is 5.03. The Morgan fingerprint density at radius 3 is 2.87 bits per heavy atom. The summed E-state index contributed by atoms with van der Waals surface area (Å²) in [5.41, 5.74) is 0.715. The second kappa shape index (κ2) is 5.01. The SMILES string of the molecule is COc1cccc(C(C#N)NC(C)=O)c1. The first-order valence-corrected chi connectivity index (χ1v) is 4.48. The number of ether oxygens (including phenoxy) is 1. The molecule has 0 aliphatic rings. The summed E-state index contributed by atoms with van der Waals surface area (Å²) in [6.45, 7) is 1.38. The fourth-order valence-corrected chi connectivity index (χ4v) is 1.21. The van der Waals surface area contributed by atoms with Crippen LogP contribution in [-0.2, 0) is 4.79 Å². The number of nitrogens with zero attached hydrogens (tertiary/aromatic N) is 1. The van der Waals surface area contributed by atoms with Gasteiger partial charge in [-0.25, -0.2) is 0 Å². The van der Waals surface area contributed by atoms with Gasteiger partial charge in [0, 0.05) is 6.92 Å². The zero-order valence-electron chi connectivity index (χ0n) is 8.65. The van der Waals surface area contributed by atoms with Gasteiger partial charge in [-0.2, -0.15) is 5.26 Å². The van der Waals surface area contributed by atoms with Crippen LogP contribution >= 0.6 is 0 Å². The first-order valence-electron chi connectivity index (χ1n) is 4.48. The minimum Gasteiger partial charge on any atom is -0.497 e. The largest absolute Gasteiger partial charge is 0.497 e. The zero-order valence-corrected chi connectivity index (χ0v) is 8.65. The molecule has 4 heteroatoms. The Labute approximate surface area is 88.5 Å². The molecular formula is C11H12N2O2. The van der Waals surface area contributed by atoms with Crippen LogP contribution in [0.4, 0.5) is 0 Å². The molecule has 4 nitrogen and oxygen atoms in total. The molecule has 0 aliphatic carbocycles. The summed E-state index contributed by atoms with van der Waals surface area (Å²) >= 11 is 0. The quantitative estimate of drug-likeness (QED) is 0.809. The lowest BCUT2D eigenvalue weighted by molar-refractivity contribution is -0.119. The number of carbonyl (C=O) groups is 1. The Hall–Kier alpha value is -2.02. The predicted octanol–water partition coefficient (Wildman–Crippen LogP) is 1.40. The maximum atomic E-state index is 10.8. The average molecular weight is 204 g/mol. The average Bonchev–Trinajstić information content (AvgIpc) is 2.25. The number of rotatable bonds is 3. The third-order valence-electron chi connectivity index (χ3n) is 1.90. The van der Waals surface area contributed by atoms with E-state index < -0.39 is 6.04 Å². The first kappa shape index (κ1) is 11.1. The molecule has 15 heavy (non-hydrogen) atoms. The molecule has 0 fully saturated rings. The number of benzene rings is 1. The van der Waals surface area contributed by atoms with E-state index in [2.05, 4.69) is 5.32 Å². The number of hydrogen-bond donors (Lipinski definition) is 1. The van der Waals surface area contributed by atoms with E-state index in [0.717, 1.165) is 0 Å². The van der Waals surface area contributed by atoms with Crippen molar-refractivity contribution in [2.75, 3.05) is 7.11 Å². The Morgan fingerprint density at radius 1 is 1.60 bits per heavy atom. The summed E-state index contributed by atoms with van der Waals surface area (Å²) in [6, 6.07) is 8.44. The highest BCUT2D eigenvalue weighted by atomic mass is 16.5. The number of nitriles is 1. The van der Waals surface area contributed by atoms with E-state index in [-0.39, 0.29) is 5.91 Å². The molecule has 0 heterocycles. The molecule has 0 aromatic heterocycles. The number of carbonyl (C=O) groups excluding carboxylic acids is 1. The summed E-state index contributed by atoms with van der Waals surface area (Å²) in [5, 5.41) is 11.4. The Kier molecular flexibility index (Phi) is 3.69. The van der Waals surface area contributed by atoms with Crippen LogP contribution in [0.1, 0.15) is 18.5 Å². The summed E-state index contributed by atoms with van der Waals surface area (Å²) in [5.74, 6) is 0.433. The zero-order chi connectivity index (χ0) is 11.3. The van der Waals surface area contributed by atoms with Crippen LogP contribution in [-0.4, -0.2) is 13.0 Å². The van der Waals surface area contributed by atoms with Gasteiger partial charge in [0.15, 0.2) is 0 Å². The van der Waals surface area contributed by atoms with Crippen molar-refractivity contribution in [3.63, 3.8) is 0 Å². The lowest BCUT2D eigenvalue weighted by atomic mass is 10.1. The lowest BCUT2D eigenvalue weighted by Crippen LogP contribution is -2.24. The van der Waals surface area contributed by atoms with Gasteiger partial charge in [0.05, 0.1) is 13.2 Å². The van der Waals surface area contributed by atoms with Gasteiger partial charge in [-0.1, -0.05) is 12.1 Å². The molecule has 1 unspecified atom stereocenters. The molecule has 1 rings (SSSR count). The van der Waals surface area contributed by atoms with E-state index in [0.29, 0.717) is 11.3 Å². The van der Waals surface area contributed by atoms with E-state index in [4.69, 9.17) is 10.00 Å². The van der Waals surface area contributed by atoms with Gasteiger partial charge in [0.25, 0.3) is 0 Å². The fourth-order valence-electron chi connectivity index (χ4n) is 1.21. The standard InChI is InChI=1S/C11H12N2O2/c1-8(14)13-11(7-12)9-4-3-5-10(6-9)15-2/h3-6,11H,1-2H3,(H,13,14). The smallest absolute Gasteiger partial charge is 0.218 e. The van der Waals surface area contributed by atoms with Crippen molar-refractivity contribution in [1.82, 2.24) is 5.32 Å². The van der Waals surface area contributed by atoms with Crippen LogP contribution in [0.2, 0.25) is 0 Å². The molecule has 78 valence electrons. The summed E-state index contributed by atoms with van der Waals surface area (Å²) in [6.07, 6.45) is 0. The van der Waals surface area contributed by atoms with Crippen molar-refractivity contribution >= 4 is 5.91 Å². The summed E-state index contributed by atoms with van der Waals surface area (Å²) in [4.78, 5) is 10.8. The molecule has 0 bridgehead atoms. The molecule has 1 atom stereocenters. The lowest BCUT2D eigenvalue weighted by Gasteiger charge is -2.11. The number of hydrogen-bond acceptors (Lipinski definition) is 3. The van der Waals surface area contributed by atoms with Crippen LogP contribution in [0, 0.1) is 11.3 Å². The van der Waals surface area contributed by atoms with Crippen molar-refractivity contribution in [2.45, 2.75) is 13.0 Å². The third-order valence-corrected chi connectivity index (χ3v) is 1.90. The molecule has 0 radical (unpaired) electrons. The van der Waals surface area contributed by atoms with Crippen LogP contribution in [0.25, 0.3) is 0 Å².